The molecule has 2 heterocycles. The molecule has 0 unspecified atom stereocenters. The van der Waals surface area contributed by atoms with Gasteiger partial charge in [-0.05, 0) is 30.7 Å². The Morgan fingerprint density at radius 1 is 1.20 bits per heavy atom. The molecule has 25 heavy (non-hydrogen) atoms. The second-order valence-corrected chi connectivity index (χ2v) is 6.85. The highest BCUT2D eigenvalue weighted by Crippen LogP contribution is 2.23. The van der Waals surface area contributed by atoms with E-state index in [1.165, 1.54) is 11.1 Å². The summed E-state index contributed by atoms with van der Waals surface area (Å²) in [7, 11) is 3.99. The van der Waals surface area contributed by atoms with Crippen LogP contribution in [0.1, 0.15) is 21.6 Å². The lowest BCUT2D eigenvalue weighted by Gasteiger charge is -2.36. The lowest BCUT2D eigenvalue weighted by Crippen LogP contribution is -2.46. The SMILES string of the molecule is CN(C[C@@H]1Cc2ccccc2CN1C)C(=O)c1n[nH]c2ccccc12. The molecule has 1 aliphatic heterocycles. The Morgan fingerprint density at radius 2 is 1.92 bits per heavy atom. The van der Waals surface area contributed by atoms with E-state index in [9.17, 15) is 4.79 Å². The lowest BCUT2D eigenvalue weighted by molar-refractivity contribution is 0.0729. The molecule has 1 amide bonds. The molecular formula is C20H22N4O. The topological polar surface area (TPSA) is 52.2 Å². The molecule has 0 radical (unpaired) electrons. The van der Waals surface area contributed by atoms with Crippen LogP contribution in [0.25, 0.3) is 10.9 Å². The highest BCUT2D eigenvalue weighted by atomic mass is 16.2. The van der Waals surface area contributed by atoms with Crippen LogP contribution >= 0.6 is 0 Å². The third-order valence-corrected chi connectivity index (χ3v) is 5.12. The molecule has 0 saturated heterocycles. The van der Waals surface area contributed by atoms with Crippen LogP contribution in [0.3, 0.4) is 0 Å². The van der Waals surface area contributed by atoms with Gasteiger partial charge in [0, 0.05) is 31.6 Å². The maximum Gasteiger partial charge on any atom is 0.274 e. The summed E-state index contributed by atoms with van der Waals surface area (Å²) < 4.78 is 0. The van der Waals surface area contributed by atoms with Gasteiger partial charge >= 0.3 is 0 Å². The van der Waals surface area contributed by atoms with Gasteiger partial charge in [0.15, 0.2) is 5.69 Å². The molecule has 1 aromatic heterocycles. The van der Waals surface area contributed by atoms with Crippen molar-refractivity contribution in [2.24, 2.45) is 0 Å². The van der Waals surface area contributed by atoms with Crippen molar-refractivity contribution in [1.29, 1.82) is 0 Å². The zero-order chi connectivity index (χ0) is 17.4. The first-order valence-corrected chi connectivity index (χ1v) is 8.59. The van der Waals surface area contributed by atoms with Crippen molar-refractivity contribution in [3.63, 3.8) is 0 Å². The van der Waals surface area contributed by atoms with Crippen molar-refractivity contribution in [3.8, 4) is 0 Å². The summed E-state index contributed by atoms with van der Waals surface area (Å²) in [6.45, 7) is 1.61. The lowest BCUT2D eigenvalue weighted by atomic mass is 9.94. The molecule has 0 fully saturated rings. The number of H-pyrrole nitrogens is 1. The molecule has 128 valence electrons. The van der Waals surface area contributed by atoms with E-state index in [1.807, 2.05) is 31.3 Å². The van der Waals surface area contributed by atoms with E-state index < -0.39 is 0 Å². The third-order valence-electron chi connectivity index (χ3n) is 5.12. The Labute approximate surface area is 147 Å². The van der Waals surface area contributed by atoms with E-state index in [-0.39, 0.29) is 5.91 Å². The maximum absolute atomic E-state index is 12.9. The Morgan fingerprint density at radius 3 is 2.76 bits per heavy atom. The fourth-order valence-electron chi connectivity index (χ4n) is 3.63. The zero-order valence-corrected chi connectivity index (χ0v) is 14.6. The molecule has 1 N–H and O–H groups in total. The predicted octanol–water partition coefficient (Wildman–Crippen LogP) is 2.69. The third kappa shape index (κ3) is 2.91. The van der Waals surface area contributed by atoms with Crippen molar-refractivity contribution in [2.45, 2.75) is 19.0 Å². The zero-order valence-electron chi connectivity index (χ0n) is 14.6. The Bertz CT molecular complexity index is 917. The minimum Gasteiger partial charge on any atom is -0.339 e. The first-order chi connectivity index (χ1) is 12.1. The number of aromatic amines is 1. The highest BCUT2D eigenvalue weighted by Gasteiger charge is 2.27. The average Bonchev–Trinajstić information content (AvgIpc) is 3.05. The van der Waals surface area contributed by atoms with E-state index in [1.54, 1.807) is 4.90 Å². The minimum absolute atomic E-state index is 0.0373. The number of carbonyl (C=O) groups is 1. The van der Waals surface area contributed by atoms with Crippen LogP contribution in [0.4, 0.5) is 0 Å². The maximum atomic E-state index is 12.9. The number of nitrogens with one attached hydrogen (secondary N) is 1. The summed E-state index contributed by atoms with van der Waals surface area (Å²) in [6, 6.07) is 16.6. The fourth-order valence-corrected chi connectivity index (χ4v) is 3.63. The summed E-state index contributed by atoms with van der Waals surface area (Å²) in [5, 5.41) is 8.05. The van der Waals surface area contributed by atoms with Gasteiger partial charge in [0.25, 0.3) is 5.91 Å². The highest BCUT2D eigenvalue weighted by molar-refractivity contribution is 6.04. The number of benzene rings is 2. The van der Waals surface area contributed by atoms with E-state index in [4.69, 9.17) is 0 Å². The first-order valence-electron chi connectivity index (χ1n) is 8.59. The van der Waals surface area contributed by atoms with Gasteiger partial charge in [-0.2, -0.15) is 5.10 Å². The number of amides is 1. The van der Waals surface area contributed by atoms with Gasteiger partial charge in [-0.25, -0.2) is 0 Å². The summed E-state index contributed by atoms with van der Waals surface area (Å²) in [4.78, 5) is 17.0. The molecule has 2 aromatic carbocycles. The van der Waals surface area contributed by atoms with Gasteiger partial charge in [0.05, 0.1) is 5.52 Å². The van der Waals surface area contributed by atoms with Crippen molar-refractivity contribution < 1.29 is 4.79 Å². The number of para-hydroxylation sites is 1. The van der Waals surface area contributed by atoms with Crippen LogP contribution in [-0.4, -0.2) is 52.6 Å². The smallest absolute Gasteiger partial charge is 0.274 e. The van der Waals surface area contributed by atoms with Crippen LogP contribution in [0.2, 0.25) is 0 Å². The van der Waals surface area contributed by atoms with E-state index in [0.29, 0.717) is 18.3 Å². The monoisotopic (exact) mass is 334 g/mol. The normalized spacial score (nSPS) is 17.4. The van der Waals surface area contributed by atoms with Crippen LogP contribution in [-0.2, 0) is 13.0 Å². The molecule has 5 heteroatoms. The van der Waals surface area contributed by atoms with Crippen LogP contribution in [0, 0.1) is 0 Å². The number of nitrogens with zero attached hydrogens (tertiary/aromatic N) is 3. The van der Waals surface area contributed by atoms with Crippen molar-refractivity contribution in [3.05, 3.63) is 65.4 Å². The summed E-state index contributed by atoms with van der Waals surface area (Å²) >= 11 is 0. The second kappa shape index (κ2) is 6.33. The first kappa shape index (κ1) is 15.8. The molecular weight excluding hydrogens is 312 g/mol. The quantitative estimate of drug-likeness (QED) is 0.801. The Kier molecular flexibility index (Phi) is 4.01. The number of likely N-dealkylation sites (N-methyl/N-ethyl adjacent to an activating group) is 2. The molecule has 0 aliphatic carbocycles. The Hall–Kier alpha value is -2.66. The average molecular weight is 334 g/mol. The van der Waals surface area contributed by atoms with Gasteiger partial charge in [0.1, 0.15) is 0 Å². The number of fused-ring (bicyclic) bond motifs is 2. The molecule has 4 rings (SSSR count). The fraction of sp³-hybridized carbons (Fsp3) is 0.300. The van der Waals surface area contributed by atoms with E-state index >= 15 is 0 Å². The number of rotatable bonds is 3. The van der Waals surface area contributed by atoms with Gasteiger partial charge in [-0.3, -0.25) is 14.8 Å². The molecule has 3 aromatic rings. The molecule has 0 spiro atoms. The molecule has 0 bridgehead atoms. The number of aromatic nitrogens is 2. The summed E-state index contributed by atoms with van der Waals surface area (Å²) in [5.74, 6) is -0.0373. The van der Waals surface area contributed by atoms with Gasteiger partial charge in [-0.15, -0.1) is 0 Å². The predicted molar refractivity (Wildman–Crippen MR) is 98.5 cm³/mol. The minimum atomic E-state index is -0.0373. The van der Waals surface area contributed by atoms with Gasteiger partial charge in [0.2, 0.25) is 0 Å². The summed E-state index contributed by atoms with van der Waals surface area (Å²) in [6.07, 6.45) is 0.964. The van der Waals surface area contributed by atoms with Crippen molar-refractivity contribution in [1.82, 2.24) is 20.0 Å². The Balaban J connectivity index is 1.52. The molecule has 1 atom stereocenters. The number of hydrogen-bond donors (Lipinski definition) is 1. The second-order valence-electron chi connectivity index (χ2n) is 6.85. The van der Waals surface area contributed by atoms with Gasteiger partial charge in [-0.1, -0.05) is 42.5 Å². The summed E-state index contributed by atoms with van der Waals surface area (Å²) in [5.41, 5.74) is 4.16. The van der Waals surface area contributed by atoms with Crippen LogP contribution in [0.5, 0.6) is 0 Å². The van der Waals surface area contributed by atoms with E-state index in [2.05, 4.69) is 46.4 Å². The van der Waals surface area contributed by atoms with E-state index in [0.717, 1.165) is 23.9 Å². The molecule has 0 saturated carbocycles. The molecule has 1 aliphatic rings. The van der Waals surface area contributed by atoms with Crippen molar-refractivity contribution in [2.75, 3.05) is 20.6 Å². The van der Waals surface area contributed by atoms with Gasteiger partial charge < -0.3 is 4.90 Å². The number of hydrogen-bond acceptors (Lipinski definition) is 3. The largest absolute Gasteiger partial charge is 0.339 e. The number of carbonyl (C=O) groups excluding carboxylic acids is 1. The molecule has 5 nitrogen and oxygen atoms in total. The standard InChI is InChI=1S/C20H22N4O/c1-23-12-15-8-4-3-7-14(15)11-16(23)13-24(2)20(25)19-17-9-5-6-10-18(17)21-22-19/h3-10,16H,11-13H2,1-2H3,(H,21,22)/t16-/m0/s1. The van der Waals surface area contributed by atoms with Crippen molar-refractivity contribution >= 4 is 16.8 Å². The van der Waals surface area contributed by atoms with Crippen LogP contribution < -0.4 is 0 Å². The van der Waals surface area contributed by atoms with Crippen LogP contribution in [0.15, 0.2) is 48.5 Å².